The number of ether oxygens (including phenoxy) is 1. The Labute approximate surface area is 186 Å². The van der Waals surface area contributed by atoms with Crippen molar-refractivity contribution in [1.29, 1.82) is 0 Å². The number of hydrogen-bond acceptors (Lipinski definition) is 4. The number of carbonyl (C=O) groups is 1. The van der Waals surface area contributed by atoms with E-state index >= 15 is 0 Å². The fraction of sp³-hybridized carbons (Fsp3) is 0.500. The third-order valence-electron chi connectivity index (χ3n) is 6.00. The molecule has 4 heteroatoms. The summed E-state index contributed by atoms with van der Waals surface area (Å²) in [5.74, 6) is 1.79. The Balaban J connectivity index is 2.35. The molecular weight excluding hydrogens is 392 g/mol. The summed E-state index contributed by atoms with van der Waals surface area (Å²) < 4.78 is 11.5. The monoisotopic (exact) mass is 428 g/mol. The van der Waals surface area contributed by atoms with E-state index < -0.39 is 0 Å². The van der Waals surface area contributed by atoms with Crippen LogP contribution in [0.4, 0.5) is 0 Å². The molecule has 0 aliphatic rings. The van der Waals surface area contributed by atoms with Gasteiger partial charge in [0, 0.05) is 17.1 Å². The van der Waals surface area contributed by atoms with E-state index in [9.17, 15) is 4.79 Å². The molecule has 164 valence electrons. The van der Waals surface area contributed by atoms with Crippen LogP contribution in [0.2, 0.25) is 0 Å². The second kappa shape index (κ2) is 9.91. The Morgan fingerprint density at radius 1 is 0.933 bits per heavy atom. The first kappa shape index (κ1) is 24.3. The highest BCUT2D eigenvalue weighted by Gasteiger charge is 2.32. The molecule has 0 saturated heterocycles. The van der Waals surface area contributed by atoms with E-state index in [1.54, 1.807) is 0 Å². The molecule has 0 aromatic heterocycles. The van der Waals surface area contributed by atoms with Gasteiger partial charge in [0.2, 0.25) is 0 Å². The summed E-state index contributed by atoms with van der Waals surface area (Å²) in [6.07, 6.45) is 3.93. The predicted octanol–water partition coefficient (Wildman–Crippen LogP) is 7.06. The average molecular weight is 429 g/mol. The summed E-state index contributed by atoms with van der Waals surface area (Å²) in [6, 6.07) is 12.8. The largest absolute Gasteiger partial charge is 0.486 e. The van der Waals surface area contributed by atoms with E-state index in [1.807, 2.05) is 39.2 Å². The molecule has 3 nitrogen and oxygen atoms in total. The van der Waals surface area contributed by atoms with Crippen LogP contribution >= 0.6 is 12.0 Å². The first-order valence-corrected chi connectivity index (χ1v) is 11.8. The lowest BCUT2D eigenvalue weighted by atomic mass is 9.70. The maximum atomic E-state index is 12.1. The molecule has 0 aliphatic carbocycles. The zero-order valence-corrected chi connectivity index (χ0v) is 20.5. The number of hydrogen-bond donors (Lipinski definition) is 0. The number of aryl methyl sites for hydroxylation is 2. The van der Waals surface area contributed by atoms with Gasteiger partial charge in [0.1, 0.15) is 18.1 Å². The van der Waals surface area contributed by atoms with Gasteiger partial charge >= 0.3 is 0 Å². The van der Waals surface area contributed by atoms with Crippen molar-refractivity contribution >= 4 is 17.8 Å². The zero-order chi connectivity index (χ0) is 22.5. The van der Waals surface area contributed by atoms with Crippen LogP contribution in [0.25, 0.3) is 0 Å². The molecule has 0 N–H and O–H groups in total. The van der Waals surface area contributed by atoms with Gasteiger partial charge in [-0.05, 0) is 61.1 Å². The fourth-order valence-electron chi connectivity index (χ4n) is 3.91. The molecule has 2 aromatic carbocycles. The Morgan fingerprint density at radius 3 is 1.90 bits per heavy atom. The molecule has 0 radical (unpaired) electrons. The molecular formula is C26H36O3S. The second-order valence-corrected chi connectivity index (χ2v) is 9.46. The molecule has 2 rings (SSSR count). The van der Waals surface area contributed by atoms with E-state index in [-0.39, 0.29) is 23.2 Å². The molecule has 0 spiro atoms. The van der Waals surface area contributed by atoms with Crippen LogP contribution in [0.5, 0.6) is 11.5 Å². The SMILES string of the molecule is CCC(CC)(c1ccc(OCC(=O)C(C)(C)C)cc1)c1cc(C)c(OSC)c(C)c1. The maximum Gasteiger partial charge on any atom is 0.175 e. The maximum absolute atomic E-state index is 12.1. The van der Waals surface area contributed by atoms with E-state index in [4.69, 9.17) is 8.92 Å². The second-order valence-electron chi connectivity index (χ2n) is 8.96. The van der Waals surface area contributed by atoms with Crippen LogP contribution in [0.15, 0.2) is 36.4 Å². The average Bonchev–Trinajstić information content (AvgIpc) is 2.70. The van der Waals surface area contributed by atoms with Gasteiger partial charge in [0.05, 0.1) is 12.0 Å². The fourth-order valence-corrected chi connectivity index (χ4v) is 4.34. The summed E-state index contributed by atoms with van der Waals surface area (Å²) in [5.41, 5.74) is 4.43. The number of carbonyl (C=O) groups excluding carboxylic acids is 1. The van der Waals surface area contributed by atoms with Crippen LogP contribution < -0.4 is 8.92 Å². The van der Waals surface area contributed by atoms with Crippen molar-refractivity contribution < 1.29 is 13.7 Å². The van der Waals surface area contributed by atoms with E-state index in [2.05, 4.69) is 52.0 Å². The Hall–Kier alpha value is -1.94. The molecule has 0 bridgehead atoms. The lowest BCUT2D eigenvalue weighted by molar-refractivity contribution is -0.128. The van der Waals surface area contributed by atoms with Crippen LogP contribution in [0.3, 0.4) is 0 Å². The van der Waals surface area contributed by atoms with Crippen molar-refractivity contribution in [3.8, 4) is 11.5 Å². The van der Waals surface area contributed by atoms with Gasteiger partial charge in [0.25, 0.3) is 0 Å². The highest BCUT2D eigenvalue weighted by Crippen LogP contribution is 2.42. The van der Waals surface area contributed by atoms with Crippen molar-refractivity contribution in [2.75, 3.05) is 12.9 Å². The lowest BCUT2D eigenvalue weighted by Gasteiger charge is -2.34. The van der Waals surface area contributed by atoms with Gasteiger partial charge < -0.3 is 8.92 Å². The van der Waals surface area contributed by atoms with Crippen LogP contribution in [-0.4, -0.2) is 18.6 Å². The minimum atomic E-state index is -0.388. The number of Topliss-reactive ketones (excluding diaryl/α,β-unsaturated/α-hetero) is 1. The standard InChI is InChI=1S/C26H36O3S/c1-9-26(10-2,21-15-18(3)24(29-30-8)19(4)16-21)20-11-13-22(14-12-20)28-17-23(27)25(5,6)7/h11-16H,9-10,17H2,1-8H3. The molecule has 0 amide bonds. The zero-order valence-electron chi connectivity index (χ0n) is 19.7. The van der Waals surface area contributed by atoms with Gasteiger partial charge in [-0.25, -0.2) is 0 Å². The topological polar surface area (TPSA) is 35.5 Å². The summed E-state index contributed by atoms with van der Waals surface area (Å²) >= 11 is 1.38. The molecule has 0 aliphatic heterocycles. The lowest BCUT2D eigenvalue weighted by Crippen LogP contribution is -2.27. The van der Waals surface area contributed by atoms with Crippen molar-refractivity contribution in [3.63, 3.8) is 0 Å². The highest BCUT2D eigenvalue weighted by molar-refractivity contribution is 7.94. The van der Waals surface area contributed by atoms with Crippen molar-refractivity contribution in [3.05, 3.63) is 58.7 Å². The predicted molar refractivity (Wildman–Crippen MR) is 128 cm³/mol. The molecule has 30 heavy (non-hydrogen) atoms. The van der Waals surface area contributed by atoms with Crippen molar-refractivity contribution in [2.24, 2.45) is 5.41 Å². The van der Waals surface area contributed by atoms with Gasteiger partial charge in [-0.1, -0.05) is 58.9 Å². The molecule has 0 heterocycles. The van der Waals surface area contributed by atoms with E-state index in [0.717, 1.165) is 35.5 Å². The van der Waals surface area contributed by atoms with Gasteiger partial charge in [0.15, 0.2) is 5.78 Å². The Bertz CT molecular complexity index is 836. The molecule has 0 atom stereocenters. The van der Waals surface area contributed by atoms with E-state index in [0.29, 0.717) is 0 Å². The Kier molecular flexibility index (Phi) is 8.04. The third-order valence-corrected chi connectivity index (χ3v) is 6.33. The molecule has 0 saturated carbocycles. The third kappa shape index (κ3) is 5.21. The van der Waals surface area contributed by atoms with E-state index in [1.165, 1.54) is 23.2 Å². The summed E-state index contributed by atoms with van der Waals surface area (Å²) in [6.45, 7) is 14.6. The molecule has 0 fully saturated rings. The summed E-state index contributed by atoms with van der Waals surface area (Å²) in [7, 11) is 0. The van der Waals surface area contributed by atoms with Gasteiger partial charge in [-0.3, -0.25) is 4.79 Å². The highest BCUT2D eigenvalue weighted by atomic mass is 32.2. The minimum Gasteiger partial charge on any atom is -0.486 e. The van der Waals surface area contributed by atoms with Crippen LogP contribution in [0, 0.1) is 19.3 Å². The van der Waals surface area contributed by atoms with Crippen LogP contribution in [0.1, 0.15) is 69.7 Å². The van der Waals surface area contributed by atoms with Crippen molar-refractivity contribution in [2.45, 2.75) is 66.7 Å². The smallest absolute Gasteiger partial charge is 0.175 e. The molecule has 2 aromatic rings. The minimum absolute atomic E-state index is 0.0762. The van der Waals surface area contributed by atoms with Crippen molar-refractivity contribution in [1.82, 2.24) is 0 Å². The van der Waals surface area contributed by atoms with Gasteiger partial charge in [-0.15, -0.1) is 0 Å². The van der Waals surface area contributed by atoms with Crippen LogP contribution in [-0.2, 0) is 10.2 Å². The van der Waals surface area contributed by atoms with Gasteiger partial charge in [-0.2, -0.15) is 0 Å². The first-order chi connectivity index (χ1) is 14.1. The number of rotatable bonds is 9. The first-order valence-electron chi connectivity index (χ1n) is 10.7. The Morgan fingerprint density at radius 2 is 1.47 bits per heavy atom. The summed E-state index contributed by atoms with van der Waals surface area (Å²) in [4.78, 5) is 12.1. The normalized spacial score (nSPS) is 12.0. The quantitative estimate of drug-likeness (QED) is 0.400. The summed E-state index contributed by atoms with van der Waals surface area (Å²) in [5, 5.41) is 0. The number of benzene rings is 2. The molecule has 0 unspecified atom stereocenters. The number of ketones is 1.